The number of nitrogens with one attached hydrogen (secondary N) is 2. The second kappa shape index (κ2) is 9.15. The highest BCUT2D eigenvalue weighted by Crippen LogP contribution is 2.27. The van der Waals surface area contributed by atoms with Crippen molar-refractivity contribution in [3.63, 3.8) is 0 Å². The van der Waals surface area contributed by atoms with Crippen LogP contribution in [0.25, 0.3) is 5.82 Å². The topological polar surface area (TPSA) is 84.7 Å². The first-order chi connectivity index (χ1) is 12.3. The molecule has 0 spiro atoms. The molecule has 0 atom stereocenters. The molecule has 0 bridgehead atoms. The van der Waals surface area contributed by atoms with Crippen molar-refractivity contribution < 1.29 is 4.79 Å². The Labute approximate surface area is 148 Å². The first-order valence-corrected chi connectivity index (χ1v) is 9.15. The van der Waals surface area contributed by atoms with Crippen molar-refractivity contribution >= 4 is 11.7 Å². The quantitative estimate of drug-likeness (QED) is 0.720. The van der Waals surface area contributed by atoms with Crippen LogP contribution in [0.2, 0.25) is 0 Å². The fourth-order valence-electron chi connectivity index (χ4n) is 3.24. The molecule has 7 heteroatoms. The summed E-state index contributed by atoms with van der Waals surface area (Å²) in [6, 6.07) is 5.55. The zero-order valence-corrected chi connectivity index (χ0v) is 14.5. The second-order valence-electron chi connectivity index (χ2n) is 6.55. The van der Waals surface area contributed by atoms with Crippen LogP contribution in [0.4, 0.5) is 5.82 Å². The van der Waals surface area contributed by atoms with Gasteiger partial charge in [-0.3, -0.25) is 4.79 Å². The van der Waals surface area contributed by atoms with Gasteiger partial charge in [0.1, 0.15) is 5.82 Å². The summed E-state index contributed by atoms with van der Waals surface area (Å²) in [4.78, 5) is 11.9. The predicted octanol–water partition coefficient (Wildman–Crippen LogP) is 2.55. The third-order valence-electron chi connectivity index (χ3n) is 4.65. The maximum absolute atomic E-state index is 11.9. The monoisotopic (exact) mass is 342 g/mol. The molecule has 2 aromatic rings. The van der Waals surface area contributed by atoms with Gasteiger partial charge in [0.15, 0.2) is 5.82 Å². The molecule has 1 amide bonds. The van der Waals surface area contributed by atoms with Gasteiger partial charge in [-0.15, -0.1) is 10.2 Å². The number of nitrogens with zero attached hydrogens (tertiary/aromatic N) is 4. The summed E-state index contributed by atoms with van der Waals surface area (Å²) in [5, 5.41) is 18.5. The normalized spacial score (nSPS) is 15.0. The Morgan fingerprint density at radius 3 is 2.76 bits per heavy atom. The second-order valence-corrected chi connectivity index (χ2v) is 6.55. The lowest BCUT2D eigenvalue weighted by Gasteiger charge is -2.20. The van der Waals surface area contributed by atoms with E-state index in [1.807, 2.05) is 24.4 Å². The Kier molecular flexibility index (Phi) is 6.36. The summed E-state index contributed by atoms with van der Waals surface area (Å²) >= 11 is 0. The summed E-state index contributed by atoms with van der Waals surface area (Å²) in [6.07, 6.45) is 11.8. The van der Waals surface area contributed by atoms with Crippen LogP contribution in [-0.2, 0) is 4.79 Å². The average Bonchev–Trinajstić information content (AvgIpc) is 3.20. The Morgan fingerprint density at radius 1 is 1.16 bits per heavy atom. The molecule has 1 saturated carbocycles. The van der Waals surface area contributed by atoms with E-state index in [0.717, 1.165) is 12.3 Å². The van der Waals surface area contributed by atoms with Crippen LogP contribution in [0.15, 0.2) is 30.6 Å². The molecular weight excluding hydrogens is 316 g/mol. The number of carbonyl (C=O) groups is 1. The van der Waals surface area contributed by atoms with Gasteiger partial charge in [-0.1, -0.05) is 32.1 Å². The SMILES string of the molecule is O=C(CCC1CCCCC1)NCCNc1ccc(-n2cccn2)nn1. The molecule has 0 unspecified atom stereocenters. The van der Waals surface area contributed by atoms with Gasteiger partial charge in [-0.05, 0) is 30.5 Å². The Balaban J connectivity index is 1.30. The van der Waals surface area contributed by atoms with Crippen LogP contribution in [0.3, 0.4) is 0 Å². The predicted molar refractivity (Wildman–Crippen MR) is 96.5 cm³/mol. The molecule has 0 radical (unpaired) electrons. The molecule has 0 aliphatic heterocycles. The van der Waals surface area contributed by atoms with E-state index in [0.29, 0.717) is 31.1 Å². The third kappa shape index (κ3) is 5.55. The molecule has 0 saturated heterocycles. The number of hydrogen-bond acceptors (Lipinski definition) is 5. The van der Waals surface area contributed by atoms with Crippen LogP contribution in [0.1, 0.15) is 44.9 Å². The van der Waals surface area contributed by atoms with Gasteiger partial charge in [0.05, 0.1) is 0 Å². The molecule has 1 fully saturated rings. The molecule has 0 aromatic carbocycles. The number of amides is 1. The number of aromatic nitrogens is 4. The van der Waals surface area contributed by atoms with E-state index < -0.39 is 0 Å². The van der Waals surface area contributed by atoms with Crippen LogP contribution in [0, 0.1) is 5.92 Å². The molecule has 134 valence electrons. The lowest BCUT2D eigenvalue weighted by atomic mass is 9.86. The van der Waals surface area contributed by atoms with Gasteiger partial charge in [0, 0.05) is 31.9 Å². The number of rotatable bonds is 8. The smallest absolute Gasteiger partial charge is 0.220 e. The molecule has 2 N–H and O–H groups in total. The van der Waals surface area contributed by atoms with Crippen LogP contribution < -0.4 is 10.6 Å². The minimum absolute atomic E-state index is 0.146. The lowest BCUT2D eigenvalue weighted by Crippen LogP contribution is -2.29. The van der Waals surface area contributed by atoms with E-state index in [-0.39, 0.29) is 5.91 Å². The summed E-state index contributed by atoms with van der Waals surface area (Å²) < 4.78 is 1.66. The molecule has 1 aliphatic carbocycles. The summed E-state index contributed by atoms with van der Waals surface area (Å²) in [5.41, 5.74) is 0. The van der Waals surface area contributed by atoms with Gasteiger partial charge in [-0.2, -0.15) is 5.10 Å². The molecule has 1 aliphatic rings. The van der Waals surface area contributed by atoms with Crippen LogP contribution in [0.5, 0.6) is 0 Å². The number of anilines is 1. The Bertz CT molecular complexity index is 634. The highest BCUT2D eigenvalue weighted by atomic mass is 16.1. The van der Waals surface area contributed by atoms with Crippen molar-refractivity contribution in [3.8, 4) is 5.82 Å². The maximum Gasteiger partial charge on any atom is 0.220 e. The van der Waals surface area contributed by atoms with E-state index in [2.05, 4.69) is 25.9 Å². The largest absolute Gasteiger partial charge is 0.367 e. The first-order valence-electron chi connectivity index (χ1n) is 9.15. The highest BCUT2D eigenvalue weighted by Gasteiger charge is 2.14. The minimum atomic E-state index is 0.146. The molecule has 3 rings (SSSR count). The summed E-state index contributed by atoms with van der Waals surface area (Å²) in [6.45, 7) is 1.22. The summed E-state index contributed by atoms with van der Waals surface area (Å²) in [7, 11) is 0. The van der Waals surface area contributed by atoms with E-state index in [1.165, 1.54) is 32.1 Å². The zero-order chi connectivity index (χ0) is 17.3. The Hall–Kier alpha value is -2.44. The van der Waals surface area contributed by atoms with Crippen molar-refractivity contribution in [3.05, 3.63) is 30.6 Å². The van der Waals surface area contributed by atoms with E-state index >= 15 is 0 Å². The third-order valence-corrected chi connectivity index (χ3v) is 4.65. The fraction of sp³-hybridized carbons (Fsp3) is 0.556. The van der Waals surface area contributed by atoms with E-state index in [9.17, 15) is 4.79 Å². The van der Waals surface area contributed by atoms with Crippen LogP contribution in [-0.4, -0.2) is 39.0 Å². The van der Waals surface area contributed by atoms with Crippen molar-refractivity contribution in [2.24, 2.45) is 5.92 Å². The fourth-order valence-corrected chi connectivity index (χ4v) is 3.24. The van der Waals surface area contributed by atoms with Crippen molar-refractivity contribution in [1.82, 2.24) is 25.3 Å². The Morgan fingerprint density at radius 2 is 2.04 bits per heavy atom. The molecular formula is C18H26N6O. The molecule has 2 aromatic heterocycles. The average molecular weight is 342 g/mol. The first kappa shape index (κ1) is 17.4. The van der Waals surface area contributed by atoms with Gasteiger partial charge in [0.2, 0.25) is 5.91 Å². The van der Waals surface area contributed by atoms with E-state index in [1.54, 1.807) is 10.9 Å². The van der Waals surface area contributed by atoms with Crippen LogP contribution >= 0.6 is 0 Å². The number of carbonyl (C=O) groups excluding carboxylic acids is 1. The molecule has 2 heterocycles. The maximum atomic E-state index is 11.9. The van der Waals surface area contributed by atoms with Gasteiger partial charge < -0.3 is 10.6 Å². The highest BCUT2D eigenvalue weighted by molar-refractivity contribution is 5.75. The molecule has 7 nitrogen and oxygen atoms in total. The van der Waals surface area contributed by atoms with Crippen molar-refractivity contribution in [2.75, 3.05) is 18.4 Å². The van der Waals surface area contributed by atoms with Crippen molar-refractivity contribution in [1.29, 1.82) is 0 Å². The number of hydrogen-bond donors (Lipinski definition) is 2. The van der Waals surface area contributed by atoms with Crippen molar-refractivity contribution in [2.45, 2.75) is 44.9 Å². The lowest BCUT2D eigenvalue weighted by molar-refractivity contribution is -0.121. The van der Waals surface area contributed by atoms with Gasteiger partial charge >= 0.3 is 0 Å². The minimum Gasteiger partial charge on any atom is -0.367 e. The standard InChI is InChI=1S/C18H26N6O/c25-18(10-7-15-5-2-1-3-6-15)20-13-12-19-16-8-9-17(23-22-16)24-14-4-11-21-24/h4,8-9,11,14-15H,1-3,5-7,10,12-13H2,(H,19,22)(H,20,25). The van der Waals surface area contributed by atoms with E-state index in [4.69, 9.17) is 0 Å². The molecule has 25 heavy (non-hydrogen) atoms. The zero-order valence-electron chi connectivity index (χ0n) is 14.5. The summed E-state index contributed by atoms with van der Waals surface area (Å²) in [5.74, 6) is 2.26. The van der Waals surface area contributed by atoms with Gasteiger partial charge in [-0.25, -0.2) is 4.68 Å². The van der Waals surface area contributed by atoms with Gasteiger partial charge in [0.25, 0.3) is 0 Å².